The van der Waals surface area contributed by atoms with E-state index in [0.29, 0.717) is 5.56 Å². The summed E-state index contributed by atoms with van der Waals surface area (Å²) in [5, 5.41) is 8.67. The molecule has 2 nitrogen and oxygen atoms in total. The fraction of sp³-hybridized carbons (Fsp3) is 0.133. The number of hydrogen-bond donors (Lipinski definition) is 0. The summed E-state index contributed by atoms with van der Waals surface area (Å²) in [5.41, 5.74) is 0.381. The lowest BCUT2D eigenvalue weighted by Crippen LogP contribution is -2.05. The molecule has 0 aliphatic rings. The molecule has 0 aliphatic heterocycles. The van der Waals surface area contributed by atoms with Gasteiger partial charge < -0.3 is 4.74 Å². The minimum absolute atomic E-state index is 0.110. The molecule has 0 radical (unpaired) electrons. The first kappa shape index (κ1) is 15.2. The van der Waals surface area contributed by atoms with Gasteiger partial charge in [0.05, 0.1) is 22.2 Å². The van der Waals surface area contributed by atoms with Crippen molar-refractivity contribution in [2.75, 3.05) is 0 Å². The van der Waals surface area contributed by atoms with Crippen molar-refractivity contribution in [1.82, 2.24) is 0 Å². The highest BCUT2D eigenvalue weighted by Crippen LogP contribution is 2.34. The summed E-state index contributed by atoms with van der Waals surface area (Å²) in [7, 11) is 0. The molecule has 0 aliphatic carbocycles. The summed E-state index contributed by atoms with van der Waals surface area (Å²) in [6.45, 7) is 0.112. The molecule has 0 saturated carbocycles. The second-order valence-corrected chi connectivity index (χ2v) is 4.65. The second kappa shape index (κ2) is 6.06. The summed E-state index contributed by atoms with van der Waals surface area (Å²) in [6, 6.07) is 11.6. The van der Waals surface area contributed by atoms with Crippen LogP contribution in [0, 0.1) is 11.3 Å². The second-order valence-electron chi connectivity index (χ2n) is 4.24. The molecule has 0 unspecified atom stereocenters. The van der Waals surface area contributed by atoms with Crippen LogP contribution in [0.4, 0.5) is 13.2 Å². The summed E-state index contributed by atoms with van der Waals surface area (Å²) in [4.78, 5) is 0. The van der Waals surface area contributed by atoms with Gasteiger partial charge in [0.25, 0.3) is 0 Å². The molecule has 0 bridgehead atoms. The molecule has 0 saturated heterocycles. The van der Waals surface area contributed by atoms with Gasteiger partial charge in [0, 0.05) is 0 Å². The zero-order valence-electron chi connectivity index (χ0n) is 10.6. The summed E-state index contributed by atoms with van der Waals surface area (Å²) in [6.07, 6.45) is -4.44. The normalized spacial score (nSPS) is 11.0. The van der Waals surface area contributed by atoms with Gasteiger partial charge >= 0.3 is 6.18 Å². The summed E-state index contributed by atoms with van der Waals surface area (Å²) < 4.78 is 42.9. The van der Waals surface area contributed by atoms with E-state index in [0.717, 1.165) is 17.7 Å². The molecule has 0 atom stereocenters. The minimum Gasteiger partial charge on any atom is -0.487 e. The predicted octanol–water partition coefficient (Wildman–Crippen LogP) is 4.81. The molecule has 21 heavy (non-hydrogen) atoms. The van der Waals surface area contributed by atoms with Gasteiger partial charge in [-0.05, 0) is 35.9 Å². The Morgan fingerprint density at radius 1 is 1.14 bits per heavy atom. The number of ether oxygens (including phenoxy) is 1. The zero-order valence-corrected chi connectivity index (χ0v) is 11.4. The largest absolute Gasteiger partial charge is 0.487 e. The van der Waals surface area contributed by atoms with E-state index in [9.17, 15) is 13.2 Å². The molecule has 0 fully saturated rings. The van der Waals surface area contributed by atoms with Gasteiger partial charge in [-0.25, -0.2) is 0 Å². The maximum atomic E-state index is 12.5. The predicted molar refractivity (Wildman–Crippen MR) is 71.9 cm³/mol. The van der Waals surface area contributed by atoms with Gasteiger partial charge in [0.2, 0.25) is 0 Å². The first-order valence-corrected chi connectivity index (χ1v) is 6.26. The molecular formula is C15H9ClF3NO. The van der Waals surface area contributed by atoms with Crippen LogP contribution in [0.5, 0.6) is 5.75 Å². The highest BCUT2D eigenvalue weighted by molar-refractivity contribution is 6.32. The highest BCUT2D eigenvalue weighted by Gasteiger charge is 2.31. The van der Waals surface area contributed by atoms with Gasteiger partial charge in [-0.3, -0.25) is 0 Å². The van der Waals surface area contributed by atoms with Crippen LogP contribution in [0.1, 0.15) is 16.7 Å². The Kier molecular flexibility index (Phi) is 4.39. The third-order valence-electron chi connectivity index (χ3n) is 2.71. The molecule has 6 heteroatoms. The lowest BCUT2D eigenvalue weighted by Gasteiger charge is -2.11. The van der Waals surface area contributed by atoms with Gasteiger partial charge in [-0.1, -0.05) is 23.7 Å². The van der Waals surface area contributed by atoms with E-state index in [2.05, 4.69) is 0 Å². The number of benzene rings is 2. The van der Waals surface area contributed by atoms with E-state index in [1.165, 1.54) is 6.07 Å². The van der Waals surface area contributed by atoms with Crippen LogP contribution >= 0.6 is 11.6 Å². The van der Waals surface area contributed by atoms with Crippen molar-refractivity contribution in [3.63, 3.8) is 0 Å². The van der Waals surface area contributed by atoms with E-state index >= 15 is 0 Å². The van der Waals surface area contributed by atoms with E-state index in [-0.39, 0.29) is 17.4 Å². The van der Waals surface area contributed by atoms with Gasteiger partial charge in [-0.15, -0.1) is 0 Å². The quantitative estimate of drug-likeness (QED) is 0.815. The summed E-state index contributed by atoms with van der Waals surface area (Å²) >= 11 is 5.78. The topological polar surface area (TPSA) is 33.0 Å². The van der Waals surface area contributed by atoms with Crippen LogP contribution in [0.25, 0.3) is 0 Å². The van der Waals surface area contributed by atoms with Crippen LogP contribution in [-0.4, -0.2) is 0 Å². The molecule has 2 aromatic rings. The number of hydrogen-bond acceptors (Lipinski definition) is 2. The number of alkyl halides is 3. The standard InChI is InChI=1S/C15H9ClF3NO/c16-13-7-12(15(17,18)19)4-5-14(13)21-9-11-3-1-2-10(6-11)8-20/h1-7H,9H2. The van der Waals surface area contributed by atoms with Crippen LogP contribution in [0.15, 0.2) is 42.5 Å². The zero-order chi connectivity index (χ0) is 15.5. The van der Waals surface area contributed by atoms with E-state index in [4.69, 9.17) is 21.6 Å². The van der Waals surface area contributed by atoms with Crippen LogP contribution in [0.3, 0.4) is 0 Å². The highest BCUT2D eigenvalue weighted by atomic mass is 35.5. The van der Waals surface area contributed by atoms with Crippen LogP contribution in [-0.2, 0) is 12.8 Å². The molecule has 2 rings (SSSR count). The minimum atomic E-state index is -4.44. The smallest absolute Gasteiger partial charge is 0.416 e. The average Bonchev–Trinajstić information content (AvgIpc) is 2.45. The third-order valence-corrected chi connectivity index (χ3v) is 3.00. The van der Waals surface area contributed by atoms with Crippen molar-refractivity contribution in [2.24, 2.45) is 0 Å². The fourth-order valence-corrected chi connectivity index (χ4v) is 1.92. The summed E-state index contributed by atoms with van der Waals surface area (Å²) in [5.74, 6) is 0.159. The molecule has 0 amide bonds. The Hall–Kier alpha value is -2.19. The SMILES string of the molecule is N#Cc1cccc(COc2ccc(C(F)(F)F)cc2Cl)c1. The fourth-order valence-electron chi connectivity index (χ4n) is 1.69. The molecule has 0 heterocycles. The van der Waals surface area contributed by atoms with E-state index in [1.54, 1.807) is 24.3 Å². The van der Waals surface area contributed by atoms with Gasteiger partial charge in [0.1, 0.15) is 12.4 Å². The molecule has 2 aromatic carbocycles. The van der Waals surface area contributed by atoms with Crippen molar-refractivity contribution in [1.29, 1.82) is 5.26 Å². The van der Waals surface area contributed by atoms with Crippen molar-refractivity contribution in [3.05, 3.63) is 64.2 Å². The lowest BCUT2D eigenvalue weighted by molar-refractivity contribution is -0.137. The molecule has 0 spiro atoms. The Balaban J connectivity index is 2.12. The average molecular weight is 312 g/mol. The van der Waals surface area contributed by atoms with Crippen molar-refractivity contribution >= 4 is 11.6 Å². The molecule has 108 valence electrons. The first-order valence-electron chi connectivity index (χ1n) is 5.89. The van der Waals surface area contributed by atoms with Crippen LogP contribution < -0.4 is 4.74 Å². The molecule has 0 N–H and O–H groups in total. The molecular weight excluding hydrogens is 303 g/mol. The monoisotopic (exact) mass is 311 g/mol. The number of rotatable bonds is 3. The third kappa shape index (κ3) is 3.89. The van der Waals surface area contributed by atoms with Crippen molar-refractivity contribution in [2.45, 2.75) is 12.8 Å². The Morgan fingerprint density at radius 3 is 2.52 bits per heavy atom. The van der Waals surface area contributed by atoms with Gasteiger partial charge in [-0.2, -0.15) is 18.4 Å². The van der Waals surface area contributed by atoms with Crippen molar-refractivity contribution < 1.29 is 17.9 Å². The van der Waals surface area contributed by atoms with Crippen LogP contribution in [0.2, 0.25) is 5.02 Å². The number of halogens is 4. The molecule has 0 aromatic heterocycles. The Labute approximate surface area is 124 Å². The van der Waals surface area contributed by atoms with E-state index in [1.807, 2.05) is 6.07 Å². The number of nitrogens with zero attached hydrogens (tertiary/aromatic N) is 1. The first-order chi connectivity index (χ1) is 9.90. The maximum Gasteiger partial charge on any atom is 0.416 e. The Bertz CT molecular complexity index is 692. The van der Waals surface area contributed by atoms with Gasteiger partial charge in [0.15, 0.2) is 0 Å². The Morgan fingerprint density at radius 2 is 1.90 bits per heavy atom. The maximum absolute atomic E-state index is 12.5. The number of nitriles is 1. The lowest BCUT2D eigenvalue weighted by atomic mass is 10.1. The van der Waals surface area contributed by atoms with E-state index < -0.39 is 11.7 Å². The van der Waals surface area contributed by atoms with Crippen molar-refractivity contribution in [3.8, 4) is 11.8 Å².